The van der Waals surface area contributed by atoms with Crippen molar-refractivity contribution in [3.63, 3.8) is 0 Å². The Kier molecular flexibility index (Phi) is 15.4. The van der Waals surface area contributed by atoms with Crippen LogP contribution in [0.1, 0.15) is 170 Å². The van der Waals surface area contributed by atoms with Gasteiger partial charge >= 0.3 is 5.97 Å². The van der Waals surface area contributed by atoms with E-state index in [4.69, 9.17) is 4.74 Å². The van der Waals surface area contributed by atoms with E-state index in [0.717, 1.165) is 50.4 Å². The van der Waals surface area contributed by atoms with Gasteiger partial charge in [0, 0.05) is 12.8 Å². The van der Waals surface area contributed by atoms with Crippen molar-refractivity contribution in [2.45, 2.75) is 177 Å². The van der Waals surface area contributed by atoms with Crippen LogP contribution in [0, 0.1) is 46.3 Å². The molecule has 4 aliphatic rings. The minimum Gasteiger partial charge on any atom is -0.462 e. The van der Waals surface area contributed by atoms with Gasteiger partial charge in [0.1, 0.15) is 6.10 Å². The second kappa shape index (κ2) is 19.0. The van der Waals surface area contributed by atoms with Crippen LogP contribution in [0.5, 0.6) is 0 Å². The van der Waals surface area contributed by atoms with E-state index < -0.39 is 0 Å². The summed E-state index contributed by atoms with van der Waals surface area (Å²) in [5.41, 5.74) is 3.98. The van der Waals surface area contributed by atoms with Crippen LogP contribution < -0.4 is 0 Å². The summed E-state index contributed by atoms with van der Waals surface area (Å²) in [6.07, 6.45) is 41.8. The largest absolute Gasteiger partial charge is 0.462 e. The number of esters is 1. The molecule has 8 atom stereocenters. The molecule has 0 saturated heterocycles. The van der Waals surface area contributed by atoms with Crippen molar-refractivity contribution >= 4 is 5.97 Å². The zero-order chi connectivity index (χ0) is 34.6. The Morgan fingerprint density at radius 3 is 2.25 bits per heavy atom. The third-order valence-electron chi connectivity index (χ3n) is 13.6. The summed E-state index contributed by atoms with van der Waals surface area (Å²) in [7, 11) is 0. The number of carbonyl (C=O) groups excluding carboxylic acids is 1. The van der Waals surface area contributed by atoms with Crippen LogP contribution >= 0.6 is 0 Å². The second-order valence-electron chi connectivity index (χ2n) is 17.3. The minimum atomic E-state index is 0.0262. The van der Waals surface area contributed by atoms with E-state index in [1.54, 1.807) is 11.1 Å². The van der Waals surface area contributed by atoms with Gasteiger partial charge in [-0.05, 0) is 123 Å². The number of fused-ring (bicyclic) bond motifs is 5. The van der Waals surface area contributed by atoms with Gasteiger partial charge in [-0.2, -0.15) is 0 Å². The molecule has 0 aromatic carbocycles. The maximum Gasteiger partial charge on any atom is 0.306 e. The molecule has 0 radical (unpaired) electrons. The highest BCUT2D eigenvalue weighted by Crippen LogP contribution is 2.66. The Morgan fingerprint density at radius 2 is 1.52 bits per heavy atom. The predicted octanol–water partition coefficient (Wildman–Crippen LogP) is 13.7. The quantitative estimate of drug-likeness (QED) is 0.0784. The van der Waals surface area contributed by atoms with Gasteiger partial charge in [-0.15, -0.1) is 0 Å². The lowest BCUT2D eigenvalue weighted by atomic mass is 9.50. The first-order valence-electron chi connectivity index (χ1n) is 20.7. The Balaban J connectivity index is 1.17. The molecule has 0 heterocycles. The van der Waals surface area contributed by atoms with Crippen molar-refractivity contribution in [1.29, 1.82) is 0 Å². The normalized spacial score (nSPS) is 31.5. The smallest absolute Gasteiger partial charge is 0.306 e. The molecule has 4 aliphatic carbocycles. The fourth-order valence-corrected chi connectivity index (χ4v) is 10.0. The number of hydrogen-bond acceptors (Lipinski definition) is 2. The highest BCUT2D eigenvalue weighted by Gasteiger charge is 2.57. The molecule has 0 aromatic rings. The topological polar surface area (TPSA) is 26.3 Å². The van der Waals surface area contributed by atoms with Gasteiger partial charge in [0.05, 0.1) is 0 Å². The summed E-state index contributed by atoms with van der Waals surface area (Å²) in [5, 5.41) is 0. The number of carbonyl (C=O) groups is 1. The van der Waals surface area contributed by atoms with E-state index >= 15 is 0 Å². The van der Waals surface area contributed by atoms with Crippen molar-refractivity contribution in [1.82, 2.24) is 0 Å². The molecule has 2 heteroatoms. The molecule has 0 aliphatic heterocycles. The molecule has 3 saturated carbocycles. The molecular weight excluding hydrogens is 585 g/mol. The molecule has 0 spiro atoms. The van der Waals surface area contributed by atoms with E-state index in [2.05, 4.69) is 97.1 Å². The first-order chi connectivity index (χ1) is 23.1. The van der Waals surface area contributed by atoms with Crippen LogP contribution in [0.2, 0.25) is 0 Å². The third kappa shape index (κ3) is 10.1. The number of ether oxygens (including phenoxy) is 1. The van der Waals surface area contributed by atoms with Crippen molar-refractivity contribution < 1.29 is 9.53 Å². The summed E-state index contributed by atoms with van der Waals surface area (Å²) in [4.78, 5) is 12.8. The summed E-state index contributed by atoms with van der Waals surface area (Å²) in [6.45, 7) is 17.0. The zero-order valence-corrected chi connectivity index (χ0v) is 32.4. The number of allylic oxidation sites excluding steroid dienone is 9. The monoisotopic (exact) mass is 659 g/mol. The van der Waals surface area contributed by atoms with Crippen molar-refractivity contribution in [2.75, 3.05) is 0 Å². The third-order valence-corrected chi connectivity index (χ3v) is 13.6. The fourth-order valence-electron chi connectivity index (χ4n) is 10.0. The zero-order valence-electron chi connectivity index (χ0n) is 32.4. The molecule has 0 N–H and O–H groups in total. The first kappa shape index (κ1) is 39.0. The standard InChI is InChI=1S/C46H74O2/c1-8-9-10-11-12-13-14-15-16-17-18-19-20-21-22-23-44(47)48-39-30-32-45(6)38(34-39)26-27-40-42-29-28-41(46(42,7)33-31-43(40)45)37(5)25-24-36(4)35(2)3/h12-13,15-16,24-27,35-37,39,41-43H,8-11,14,17-23,28-34H2,1-7H3/t36-,37+,39?,41+,42-,43-,45-,46+/m0/s1. The second-order valence-corrected chi connectivity index (χ2v) is 17.3. The summed E-state index contributed by atoms with van der Waals surface area (Å²) >= 11 is 0. The number of rotatable bonds is 19. The van der Waals surface area contributed by atoms with Crippen LogP contribution in [-0.4, -0.2) is 12.1 Å². The molecule has 2 nitrogen and oxygen atoms in total. The average molecular weight is 659 g/mol. The van der Waals surface area contributed by atoms with Gasteiger partial charge in [-0.25, -0.2) is 0 Å². The molecule has 0 bridgehead atoms. The van der Waals surface area contributed by atoms with Gasteiger partial charge in [0.15, 0.2) is 0 Å². The highest BCUT2D eigenvalue weighted by molar-refractivity contribution is 5.69. The summed E-state index contributed by atoms with van der Waals surface area (Å²) < 4.78 is 6.10. The van der Waals surface area contributed by atoms with Gasteiger partial charge in [-0.1, -0.05) is 140 Å². The molecule has 3 fully saturated rings. The lowest BCUT2D eigenvalue weighted by Crippen LogP contribution is -2.46. The molecule has 1 unspecified atom stereocenters. The van der Waals surface area contributed by atoms with Gasteiger partial charge < -0.3 is 4.74 Å². The summed E-state index contributed by atoms with van der Waals surface area (Å²) in [6, 6.07) is 0. The highest BCUT2D eigenvalue weighted by atomic mass is 16.5. The molecule has 0 amide bonds. The lowest BCUT2D eigenvalue weighted by Gasteiger charge is -2.55. The number of hydrogen-bond donors (Lipinski definition) is 0. The van der Waals surface area contributed by atoms with E-state index in [9.17, 15) is 4.79 Å². The van der Waals surface area contributed by atoms with E-state index in [0.29, 0.717) is 35.5 Å². The van der Waals surface area contributed by atoms with Gasteiger partial charge in [0.25, 0.3) is 0 Å². The predicted molar refractivity (Wildman–Crippen MR) is 207 cm³/mol. The Labute approximate surface area is 297 Å². The Bertz CT molecular complexity index is 1150. The van der Waals surface area contributed by atoms with E-state index in [1.807, 2.05) is 0 Å². The summed E-state index contributed by atoms with van der Waals surface area (Å²) in [5.74, 6) is 4.22. The van der Waals surface area contributed by atoms with Gasteiger partial charge in [0.2, 0.25) is 0 Å². The molecule has 48 heavy (non-hydrogen) atoms. The van der Waals surface area contributed by atoms with Crippen LogP contribution in [0.15, 0.2) is 59.8 Å². The Hall–Kier alpha value is -1.83. The molecule has 270 valence electrons. The van der Waals surface area contributed by atoms with Crippen molar-refractivity contribution in [3.8, 4) is 0 Å². The van der Waals surface area contributed by atoms with Crippen molar-refractivity contribution in [2.24, 2.45) is 46.3 Å². The fraction of sp³-hybridized carbons (Fsp3) is 0.761. The molecular formula is C46H74O2. The van der Waals surface area contributed by atoms with E-state index in [-0.39, 0.29) is 17.5 Å². The number of unbranched alkanes of at least 4 members (excludes halogenated alkanes) is 8. The minimum absolute atomic E-state index is 0.0262. The van der Waals surface area contributed by atoms with Gasteiger partial charge in [-0.3, -0.25) is 4.79 Å². The lowest BCUT2D eigenvalue weighted by molar-refractivity contribution is -0.151. The van der Waals surface area contributed by atoms with Crippen LogP contribution in [-0.2, 0) is 9.53 Å². The average Bonchev–Trinajstić information content (AvgIpc) is 3.42. The first-order valence-corrected chi connectivity index (χ1v) is 20.7. The van der Waals surface area contributed by atoms with Crippen LogP contribution in [0.4, 0.5) is 0 Å². The molecule has 0 aromatic heterocycles. The van der Waals surface area contributed by atoms with E-state index in [1.165, 1.54) is 77.0 Å². The SMILES string of the molecule is CCCCCC=CCC=CCCCCCCCC(=O)OC1CC[C@@]2(C)C(=CC=C3[C@@H]4CC[C@H]([C@H](C)C=C[C@H](C)C(C)C)[C@@]4(C)CC[C@@H]32)C1. The maximum absolute atomic E-state index is 12.8. The maximum atomic E-state index is 12.8. The molecule has 4 rings (SSSR count). The van der Waals surface area contributed by atoms with Crippen LogP contribution in [0.25, 0.3) is 0 Å². The van der Waals surface area contributed by atoms with Crippen molar-refractivity contribution in [3.05, 3.63) is 59.8 Å². The van der Waals surface area contributed by atoms with Crippen LogP contribution in [0.3, 0.4) is 0 Å². The Morgan fingerprint density at radius 1 is 0.812 bits per heavy atom.